The van der Waals surface area contributed by atoms with E-state index in [9.17, 15) is 22.8 Å². The zero-order chi connectivity index (χ0) is 19.8. The van der Waals surface area contributed by atoms with Gasteiger partial charge in [-0.25, -0.2) is 9.69 Å². The quantitative estimate of drug-likeness (QED) is 0.570. The molecule has 1 aromatic heterocycles. The summed E-state index contributed by atoms with van der Waals surface area (Å²) in [5.74, 6) is -0.414. The van der Waals surface area contributed by atoms with Crippen molar-refractivity contribution in [1.29, 1.82) is 0 Å². The van der Waals surface area contributed by atoms with Gasteiger partial charge in [-0.15, -0.1) is 0 Å². The van der Waals surface area contributed by atoms with Crippen LogP contribution >= 0.6 is 11.8 Å². The van der Waals surface area contributed by atoms with Crippen LogP contribution in [-0.4, -0.2) is 33.4 Å². The molecule has 3 amide bonds. The van der Waals surface area contributed by atoms with Crippen LogP contribution in [0.15, 0.2) is 47.6 Å². The van der Waals surface area contributed by atoms with Crippen LogP contribution < -0.4 is 4.90 Å². The Labute approximate surface area is 158 Å². The van der Waals surface area contributed by atoms with E-state index in [2.05, 4.69) is 4.98 Å². The van der Waals surface area contributed by atoms with Gasteiger partial charge in [-0.2, -0.15) is 13.2 Å². The van der Waals surface area contributed by atoms with Crippen molar-refractivity contribution < 1.29 is 22.8 Å². The van der Waals surface area contributed by atoms with E-state index in [1.165, 1.54) is 29.2 Å². The van der Waals surface area contributed by atoms with E-state index < -0.39 is 23.5 Å². The fraction of sp³-hybridized carbons (Fsp3) is 0.278. The first-order chi connectivity index (χ1) is 12.7. The maximum absolute atomic E-state index is 12.8. The number of aryl methyl sites for hydroxylation is 1. The first kappa shape index (κ1) is 19.2. The van der Waals surface area contributed by atoms with E-state index in [0.29, 0.717) is 0 Å². The lowest BCUT2D eigenvalue weighted by Crippen LogP contribution is -2.33. The molecule has 0 unspecified atom stereocenters. The van der Waals surface area contributed by atoms with Crippen LogP contribution in [-0.2, 0) is 11.3 Å². The summed E-state index contributed by atoms with van der Waals surface area (Å²) < 4.78 is 37.3. The number of alkyl halides is 3. The number of thioether (sulfide) groups is 1. The molecule has 0 bridgehead atoms. The van der Waals surface area contributed by atoms with Gasteiger partial charge in [0, 0.05) is 23.8 Å². The summed E-state index contributed by atoms with van der Waals surface area (Å²) in [5.41, 5.74) is -2.37. The minimum atomic E-state index is -4.39. The van der Waals surface area contributed by atoms with Crippen molar-refractivity contribution in [1.82, 2.24) is 9.88 Å². The monoisotopic (exact) mass is 395 g/mol. The summed E-state index contributed by atoms with van der Waals surface area (Å²) >= 11 is -0.247. The molecule has 0 N–H and O–H groups in total. The second-order valence-corrected chi connectivity index (χ2v) is 7.24. The van der Waals surface area contributed by atoms with Gasteiger partial charge in [0.25, 0.3) is 5.91 Å². The molecule has 3 rings (SSSR count). The lowest BCUT2D eigenvalue weighted by molar-refractivity contribution is -0.119. The molecule has 2 heterocycles. The molecule has 5 nitrogen and oxygen atoms in total. The zero-order valence-electron chi connectivity index (χ0n) is 14.5. The molecule has 9 heteroatoms. The van der Waals surface area contributed by atoms with Crippen molar-refractivity contribution in [3.63, 3.8) is 0 Å². The van der Waals surface area contributed by atoms with Gasteiger partial charge in [0.2, 0.25) is 0 Å². The maximum Gasteiger partial charge on any atom is 0.446 e. The number of hydrogen-bond donors (Lipinski definition) is 0. The highest BCUT2D eigenvalue weighted by Crippen LogP contribution is 2.38. The summed E-state index contributed by atoms with van der Waals surface area (Å²) in [6.45, 7) is 3.74. The first-order valence-corrected chi connectivity index (χ1v) is 8.89. The van der Waals surface area contributed by atoms with Crippen LogP contribution in [0, 0.1) is 6.92 Å². The van der Waals surface area contributed by atoms with Gasteiger partial charge in [0.05, 0.1) is 5.69 Å². The number of imide groups is 1. The van der Waals surface area contributed by atoms with E-state index in [1.807, 2.05) is 6.92 Å². The topological polar surface area (TPSA) is 53.5 Å². The number of hydrogen-bond acceptors (Lipinski definition) is 4. The molecule has 1 aliphatic heterocycles. The number of urea groups is 1. The zero-order valence-corrected chi connectivity index (χ0v) is 15.3. The standard InChI is InChI=1S/C18H16F3N3O2S/c1-11-9-22-8-7-13(11)10-23-12(2)16(25)24(17(23)26)14-3-5-15(6-4-14)27-18(19,20)21/h3-9,12H,10H2,1-2H3/t12-/m1/s1. The van der Waals surface area contributed by atoms with Crippen LogP contribution in [0.2, 0.25) is 0 Å². The van der Waals surface area contributed by atoms with E-state index in [0.717, 1.165) is 16.0 Å². The molecule has 2 aromatic rings. The van der Waals surface area contributed by atoms with E-state index in [-0.39, 0.29) is 28.9 Å². The number of rotatable bonds is 4. The summed E-state index contributed by atoms with van der Waals surface area (Å²) in [6, 6.07) is 5.79. The molecule has 0 aliphatic carbocycles. The number of benzene rings is 1. The van der Waals surface area contributed by atoms with Gasteiger partial charge in [-0.1, -0.05) is 0 Å². The van der Waals surface area contributed by atoms with Gasteiger partial charge in [0.1, 0.15) is 6.04 Å². The second-order valence-electron chi connectivity index (χ2n) is 6.10. The molecular formula is C18H16F3N3O2S. The molecule has 0 radical (unpaired) electrons. The van der Waals surface area contributed by atoms with Crippen molar-refractivity contribution in [2.75, 3.05) is 4.90 Å². The summed E-state index contributed by atoms with van der Waals surface area (Å²) in [6.07, 6.45) is 3.29. The summed E-state index contributed by atoms with van der Waals surface area (Å²) in [5, 5.41) is 0. The number of aromatic nitrogens is 1. The lowest BCUT2D eigenvalue weighted by Gasteiger charge is -2.20. The van der Waals surface area contributed by atoms with Gasteiger partial charge in [-0.3, -0.25) is 9.78 Å². The van der Waals surface area contributed by atoms with Crippen LogP contribution in [0.1, 0.15) is 18.1 Å². The number of anilines is 1. The summed E-state index contributed by atoms with van der Waals surface area (Å²) in [4.78, 5) is 31.8. The van der Waals surface area contributed by atoms with Crippen LogP contribution in [0.4, 0.5) is 23.7 Å². The molecule has 142 valence electrons. The largest absolute Gasteiger partial charge is 0.446 e. The number of carbonyl (C=O) groups excluding carboxylic acids is 2. The number of pyridine rings is 1. The average Bonchev–Trinajstić information content (AvgIpc) is 2.80. The predicted molar refractivity (Wildman–Crippen MR) is 95.2 cm³/mol. The van der Waals surface area contributed by atoms with E-state index >= 15 is 0 Å². The predicted octanol–water partition coefficient (Wildman–Crippen LogP) is 4.36. The van der Waals surface area contributed by atoms with Gasteiger partial charge in [-0.05, 0) is 67.1 Å². The number of carbonyl (C=O) groups is 2. The Morgan fingerprint density at radius 2 is 1.81 bits per heavy atom. The normalized spacial score (nSPS) is 17.7. The van der Waals surface area contributed by atoms with Crippen LogP contribution in [0.25, 0.3) is 0 Å². The Morgan fingerprint density at radius 3 is 2.41 bits per heavy atom. The van der Waals surface area contributed by atoms with Crippen LogP contribution in [0.5, 0.6) is 0 Å². The van der Waals surface area contributed by atoms with Crippen molar-refractivity contribution in [2.45, 2.75) is 36.8 Å². The second kappa shape index (κ2) is 7.22. The minimum Gasteiger partial charge on any atom is -0.308 e. The smallest absolute Gasteiger partial charge is 0.308 e. The van der Waals surface area contributed by atoms with E-state index in [4.69, 9.17) is 0 Å². The van der Waals surface area contributed by atoms with Gasteiger partial charge >= 0.3 is 11.5 Å². The first-order valence-electron chi connectivity index (χ1n) is 8.07. The molecule has 0 spiro atoms. The fourth-order valence-electron chi connectivity index (χ4n) is 2.81. The molecule has 0 saturated carbocycles. The Bertz CT molecular complexity index is 871. The summed E-state index contributed by atoms with van der Waals surface area (Å²) in [7, 11) is 0. The maximum atomic E-state index is 12.8. The highest BCUT2D eigenvalue weighted by Gasteiger charge is 2.43. The number of amides is 3. The Morgan fingerprint density at radius 1 is 1.15 bits per heavy atom. The molecule has 1 fully saturated rings. The molecule has 1 aromatic carbocycles. The third kappa shape index (κ3) is 4.08. The van der Waals surface area contributed by atoms with E-state index in [1.54, 1.807) is 25.4 Å². The fourth-order valence-corrected chi connectivity index (χ4v) is 3.35. The minimum absolute atomic E-state index is 0.0114. The van der Waals surface area contributed by atoms with Crippen molar-refractivity contribution >= 4 is 29.4 Å². The third-order valence-corrected chi connectivity index (χ3v) is 5.03. The SMILES string of the molecule is Cc1cnccc1CN1C(=O)N(c2ccc(SC(F)(F)F)cc2)C(=O)[C@H]1C. The number of halogens is 3. The average molecular weight is 395 g/mol. The Hall–Kier alpha value is -2.55. The number of nitrogens with zero attached hydrogens (tertiary/aromatic N) is 3. The molecular weight excluding hydrogens is 379 g/mol. The van der Waals surface area contributed by atoms with Crippen molar-refractivity contribution in [3.8, 4) is 0 Å². The van der Waals surface area contributed by atoms with Gasteiger partial charge in [0.15, 0.2) is 0 Å². The van der Waals surface area contributed by atoms with Crippen LogP contribution in [0.3, 0.4) is 0 Å². The third-order valence-electron chi connectivity index (χ3n) is 4.29. The van der Waals surface area contributed by atoms with Gasteiger partial charge < -0.3 is 4.90 Å². The Balaban J connectivity index is 1.82. The Kier molecular flexibility index (Phi) is 5.14. The highest BCUT2D eigenvalue weighted by atomic mass is 32.2. The highest BCUT2D eigenvalue weighted by molar-refractivity contribution is 8.00. The molecule has 27 heavy (non-hydrogen) atoms. The molecule has 1 aliphatic rings. The van der Waals surface area contributed by atoms with Crippen molar-refractivity contribution in [2.24, 2.45) is 0 Å². The molecule has 1 atom stereocenters. The van der Waals surface area contributed by atoms with Crippen molar-refractivity contribution in [3.05, 3.63) is 53.9 Å². The lowest BCUT2D eigenvalue weighted by atomic mass is 10.1. The molecule has 1 saturated heterocycles.